The van der Waals surface area contributed by atoms with E-state index in [1.165, 1.54) is 30.1 Å². The molecule has 1 heterocycles. The molecule has 112 valence electrons. The number of aromatic nitrogens is 2. The van der Waals surface area contributed by atoms with Gasteiger partial charge in [-0.05, 0) is 24.1 Å². The van der Waals surface area contributed by atoms with Crippen LogP contribution in [0.15, 0.2) is 47.5 Å². The van der Waals surface area contributed by atoms with E-state index in [0.717, 1.165) is 17.7 Å². The Labute approximate surface area is 127 Å². The summed E-state index contributed by atoms with van der Waals surface area (Å²) in [5, 5.41) is 10.2. The van der Waals surface area contributed by atoms with Gasteiger partial charge in [-0.1, -0.05) is 25.1 Å². The average Bonchev–Trinajstić information content (AvgIpc) is 2.55. The molecule has 0 spiro atoms. The Bertz CT molecular complexity index is 900. The average molecular weight is 296 g/mol. The number of para-hydroxylation sites is 1. The Morgan fingerprint density at radius 2 is 2.05 bits per heavy atom. The van der Waals surface area contributed by atoms with Crippen LogP contribution in [0.2, 0.25) is 0 Å². The van der Waals surface area contributed by atoms with E-state index in [0.29, 0.717) is 10.9 Å². The van der Waals surface area contributed by atoms with Crippen LogP contribution in [0, 0.1) is 0 Å². The van der Waals surface area contributed by atoms with Gasteiger partial charge in [0.15, 0.2) is 11.5 Å². The van der Waals surface area contributed by atoms with Crippen LogP contribution in [0.1, 0.15) is 12.5 Å². The van der Waals surface area contributed by atoms with Crippen LogP contribution in [0.4, 0.5) is 0 Å². The number of hydrogen-bond donors (Lipinski definition) is 1. The standard InChI is InChI=1S/C17H16N2O3/c1-3-11-6-4-5-7-14(11)19-10-18-13-9-15(20)16(22-2)8-12(13)17(19)21/h4-10,20H,3H2,1-2H3. The Hall–Kier alpha value is -2.82. The lowest BCUT2D eigenvalue weighted by Gasteiger charge is -2.11. The maximum absolute atomic E-state index is 12.8. The number of nitrogens with zero attached hydrogens (tertiary/aromatic N) is 2. The summed E-state index contributed by atoms with van der Waals surface area (Å²) in [5.41, 5.74) is 2.13. The summed E-state index contributed by atoms with van der Waals surface area (Å²) in [6.45, 7) is 2.04. The molecule has 0 amide bonds. The van der Waals surface area contributed by atoms with E-state index in [9.17, 15) is 9.90 Å². The third-order valence-electron chi connectivity index (χ3n) is 3.69. The Morgan fingerprint density at radius 1 is 1.27 bits per heavy atom. The minimum atomic E-state index is -0.191. The number of aryl methyl sites for hydroxylation is 1. The lowest BCUT2D eigenvalue weighted by molar-refractivity contribution is 0.374. The van der Waals surface area contributed by atoms with Crippen molar-refractivity contribution in [3.63, 3.8) is 0 Å². The molecule has 5 nitrogen and oxygen atoms in total. The van der Waals surface area contributed by atoms with Gasteiger partial charge in [0.1, 0.15) is 6.33 Å². The first-order valence-electron chi connectivity index (χ1n) is 7.02. The van der Waals surface area contributed by atoms with E-state index in [-0.39, 0.29) is 17.1 Å². The van der Waals surface area contributed by atoms with E-state index in [1.807, 2.05) is 31.2 Å². The van der Waals surface area contributed by atoms with E-state index in [1.54, 1.807) is 0 Å². The van der Waals surface area contributed by atoms with Crippen molar-refractivity contribution in [1.82, 2.24) is 9.55 Å². The minimum absolute atomic E-state index is 0.0337. The van der Waals surface area contributed by atoms with E-state index >= 15 is 0 Å². The van der Waals surface area contributed by atoms with Gasteiger partial charge in [0, 0.05) is 6.07 Å². The third kappa shape index (κ3) is 2.20. The smallest absolute Gasteiger partial charge is 0.265 e. The monoisotopic (exact) mass is 296 g/mol. The van der Waals surface area contributed by atoms with Gasteiger partial charge in [0.05, 0.1) is 23.7 Å². The number of phenolic OH excluding ortho intramolecular Hbond substituents is 1. The molecule has 0 bridgehead atoms. The number of aromatic hydroxyl groups is 1. The highest BCUT2D eigenvalue weighted by Gasteiger charge is 2.12. The summed E-state index contributed by atoms with van der Waals surface area (Å²) >= 11 is 0. The lowest BCUT2D eigenvalue weighted by atomic mass is 10.1. The zero-order chi connectivity index (χ0) is 15.7. The summed E-state index contributed by atoms with van der Waals surface area (Å²) in [4.78, 5) is 17.0. The summed E-state index contributed by atoms with van der Waals surface area (Å²) < 4.78 is 6.60. The number of methoxy groups -OCH3 is 1. The SMILES string of the molecule is CCc1ccccc1-n1cnc2cc(O)c(OC)cc2c1=O. The van der Waals surface area contributed by atoms with Crippen molar-refractivity contribution in [1.29, 1.82) is 0 Å². The molecule has 2 aromatic carbocycles. The van der Waals surface area contributed by atoms with E-state index in [2.05, 4.69) is 4.98 Å². The van der Waals surface area contributed by atoms with Gasteiger partial charge in [-0.15, -0.1) is 0 Å². The Morgan fingerprint density at radius 3 is 2.77 bits per heavy atom. The van der Waals surface area contributed by atoms with Crippen LogP contribution in [0.5, 0.6) is 11.5 Å². The summed E-state index contributed by atoms with van der Waals surface area (Å²) in [7, 11) is 1.45. The van der Waals surface area contributed by atoms with Crippen molar-refractivity contribution < 1.29 is 9.84 Å². The number of benzene rings is 2. The molecule has 0 atom stereocenters. The predicted molar refractivity (Wildman–Crippen MR) is 84.9 cm³/mol. The number of hydrogen-bond acceptors (Lipinski definition) is 4. The number of fused-ring (bicyclic) bond motifs is 1. The molecule has 22 heavy (non-hydrogen) atoms. The van der Waals surface area contributed by atoms with Crippen LogP contribution in [0.3, 0.4) is 0 Å². The van der Waals surface area contributed by atoms with Crippen LogP contribution in [0.25, 0.3) is 16.6 Å². The van der Waals surface area contributed by atoms with Crippen molar-refractivity contribution in [2.75, 3.05) is 7.11 Å². The number of ether oxygens (including phenoxy) is 1. The van der Waals surface area contributed by atoms with Crippen LogP contribution < -0.4 is 10.3 Å². The topological polar surface area (TPSA) is 64.3 Å². The normalized spacial score (nSPS) is 10.8. The van der Waals surface area contributed by atoms with Crippen molar-refractivity contribution >= 4 is 10.9 Å². The number of rotatable bonds is 3. The first-order valence-corrected chi connectivity index (χ1v) is 7.02. The second-order valence-corrected chi connectivity index (χ2v) is 4.94. The fourth-order valence-electron chi connectivity index (χ4n) is 2.52. The molecule has 5 heteroatoms. The van der Waals surface area contributed by atoms with Crippen molar-refractivity contribution in [2.45, 2.75) is 13.3 Å². The molecule has 0 saturated heterocycles. The minimum Gasteiger partial charge on any atom is -0.504 e. The molecule has 0 saturated carbocycles. The maximum atomic E-state index is 12.8. The summed E-state index contributed by atoms with van der Waals surface area (Å²) in [6.07, 6.45) is 2.31. The van der Waals surface area contributed by atoms with Crippen molar-refractivity contribution in [2.24, 2.45) is 0 Å². The van der Waals surface area contributed by atoms with Gasteiger partial charge in [0.2, 0.25) is 0 Å². The lowest BCUT2D eigenvalue weighted by Crippen LogP contribution is -2.20. The molecule has 0 aliphatic heterocycles. The molecule has 1 aromatic heterocycles. The fourth-order valence-corrected chi connectivity index (χ4v) is 2.52. The van der Waals surface area contributed by atoms with Crippen LogP contribution in [-0.2, 0) is 6.42 Å². The quantitative estimate of drug-likeness (QED) is 0.807. The van der Waals surface area contributed by atoms with E-state index in [4.69, 9.17) is 4.74 Å². The summed E-state index contributed by atoms with van der Waals surface area (Å²) in [5.74, 6) is 0.224. The second-order valence-electron chi connectivity index (χ2n) is 4.94. The molecular formula is C17H16N2O3. The van der Waals surface area contributed by atoms with Crippen molar-refractivity contribution in [3.8, 4) is 17.2 Å². The second kappa shape index (κ2) is 5.52. The molecule has 3 aromatic rings. The van der Waals surface area contributed by atoms with Gasteiger partial charge in [0.25, 0.3) is 5.56 Å². The molecular weight excluding hydrogens is 280 g/mol. The largest absolute Gasteiger partial charge is 0.504 e. The number of phenols is 1. The molecule has 0 aliphatic rings. The van der Waals surface area contributed by atoms with Gasteiger partial charge < -0.3 is 9.84 Å². The van der Waals surface area contributed by atoms with Gasteiger partial charge >= 0.3 is 0 Å². The highest BCUT2D eigenvalue weighted by atomic mass is 16.5. The molecule has 0 unspecified atom stereocenters. The third-order valence-corrected chi connectivity index (χ3v) is 3.69. The molecule has 0 radical (unpaired) electrons. The summed E-state index contributed by atoms with van der Waals surface area (Å²) in [6, 6.07) is 10.7. The predicted octanol–water partition coefficient (Wildman–Crippen LogP) is 2.66. The van der Waals surface area contributed by atoms with Gasteiger partial charge in [-0.2, -0.15) is 0 Å². The Balaban J connectivity index is 2.31. The van der Waals surface area contributed by atoms with Crippen LogP contribution >= 0.6 is 0 Å². The Kier molecular flexibility index (Phi) is 3.55. The highest BCUT2D eigenvalue weighted by Crippen LogP contribution is 2.29. The fraction of sp³-hybridized carbons (Fsp3) is 0.176. The maximum Gasteiger partial charge on any atom is 0.265 e. The highest BCUT2D eigenvalue weighted by molar-refractivity contribution is 5.81. The molecule has 0 fully saturated rings. The molecule has 1 N–H and O–H groups in total. The molecule has 3 rings (SSSR count). The first-order chi connectivity index (χ1) is 10.7. The van der Waals surface area contributed by atoms with Gasteiger partial charge in [-0.25, -0.2) is 4.98 Å². The zero-order valence-electron chi connectivity index (χ0n) is 12.4. The first kappa shape index (κ1) is 14.1. The van der Waals surface area contributed by atoms with Crippen LogP contribution in [-0.4, -0.2) is 21.8 Å². The van der Waals surface area contributed by atoms with E-state index < -0.39 is 0 Å². The van der Waals surface area contributed by atoms with Gasteiger partial charge in [-0.3, -0.25) is 9.36 Å². The molecule has 0 aliphatic carbocycles. The zero-order valence-corrected chi connectivity index (χ0v) is 12.4. The van der Waals surface area contributed by atoms with Crippen molar-refractivity contribution in [3.05, 3.63) is 58.6 Å².